The van der Waals surface area contributed by atoms with Crippen molar-refractivity contribution in [3.8, 4) is 0 Å². The van der Waals surface area contributed by atoms with Gasteiger partial charge in [-0.25, -0.2) is 0 Å². The molecule has 2 aromatic rings. The van der Waals surface area contributed by atoms with Crippen molar-refractivity contribution < 1.29 is 0 Å². The van der Waals surface area contributed by atoms with Crippen LogP contribution in [-0.4, -0.2) is 5.75 Å². The van der Waals surface area contributed by atoms with Crippen LogP contribution in [0.25, 0.3) is 0 Å². The Morgan fingerprint density at radius 1 is 1.14 bits per heavy atom. The Balaban J connectivity index is 1.81. The molecule has 2 atom stereocenters. The number of hydrogen-bond donors (Lipinski definition) is 1. The SMILES string of the molecule is Cc1ccc(C(C)NC2CCSc3ccccc32)c(C)c1. The molecule has 1 nitrogen and oxygen atoms in total. The zero-order valence-electron chi connectivity index (χ0n) is 13.0. The second-order valence-corrected chi connectivity index (χ2v) is 7.11. The molecule has 0 saturated heterocycles. The summed E-state index contributed by atoms with van der Waals surface area (Å²) in [6.07, 6.45) is 1.21. The van der Waals surface area contributed by atoms with E-state index in [0.717, 1.165) is 0 Å². The molecular weight excluding hydrogens is 274 g/mol. The molecule has 0 spiro atoms. The smallest absolute Gasteiger partial charge is 0.0344 e. The molecule has 1 heterocycles. The van der Waals surface area contributed by atoms with Crippen LogP contribution in [0.2, 0.25) is 0 Å². The summed E-state index contributed by atoms with van der Waals surface area (Å²) in [5, 5.41) is 3.84. The number of rotatable bonds is 3. The molecule has 1 aliphatic heterocycles. The summed E-state index contributed by atoms with van der Waals surface area (Å²) in [6.45, 7) is 6.65. The third-order valence-corrected chi connectivity index (χ3v) is 5.42. The highest BCUT2D eigenvalue weighted by atomic mass is 32.2. The molecule has 2 unspecified atom stereocenters. The molecule has 110 valence electrons. The molecular formula is C19H23NS. The summed E-state index contributed by atoms with van der Waals surface area (Å²) < 4.78 is 0. The number of aryl methyl sites for hydroxylation is 2. The maximum atomic E-state index is 3.84. The van der Waals surface area contributed by atoms with Gasteiger partial charge in [-0.3, -0.25) is 0 Å². The highest BCUT2D eigenvalue weighted by Gasteiger charge is 2.22. The molecule has 2 heteroatoms. The highest BCUT2D eigenvalue weighted by Crippen LogP contribution is 2.37. The quantitative estimate of drug-likeness (QED) is 0.836. The van der Waals surface area contributed by atoms with Crippen LogP contribution in [0, 0.1) is 13.8 Å². The molecule has 0 amide bonds. The Morgan fingerprint density at radius 2 is 1.95 bits per heavy atom. The summed E-state index contributed by atoms with van der Waals surface area (Å²) in [6, 6.07) is 16.4. The molecule has 2 aromatic carbocycles. The van der Waals surface area contributed by atoms with Crippen molar-refractivity contribution in [2.75, 3.05) is 5.75 Å². The average molecular weight is 297 g/mol. The number of fused-ring (bicyclic) bond motifs is 1. The first-order chi connectivity index (χ1) is 10.1. The van der Waals surface area contributed by atoms with E-state index in [4.69, 9.17) is 0 Å². The fourth-order valence-electron chi connectivity index (χ4n) is 3.22. The largest absolute Gasteiger partial charge is 0.303 e. The minimum absolute atomic E-state index is 0.381. The van der Waals surface area contributed by atoms with Crippen molar-refractivity contribution in [1.29, 1.82) is 0 Å². The molecule has 0 saturated carbocycles. The van der Waals surface area contributed by atoms with Gasteiger partial charge in [-0.15, -0.1) is 11.8 Å². The van der Waals surface area contributed by atoms with E-state index in [9.17, 15) is 0 Å². The molecule has 1 N–H and O–H groups in total. The third kappa shape index (κ3) is 3.17. The van der Waals surface area contributed by atoms with Crippen LogP contribution in [0.3, 0.4) is 0 Å². The lowest BCUT2D eigenvalue weighted by atomic mass is 9.97. The molecule has 21 heavy (non-hydrogen) atoms. The van der Waals surface area contributed by atoms with E-state index in [2.05, 4.69) is 68.6 Å². The molecule has 0 aliphatic carbocycles. The lowest BCUT2D eigenvalue weighted by Gasteiger charge is -2.29. The molecule has 0 aromatic heterocycles. The minimum atomic E-state index is 0.381. The van der Waals surface area contributed by atoms with Crippen LogP contribution in [0.4, 0.5) is 0 Å². The predicted octanol–water partition coefficient (Wildman–Crippen LogP) is 5.19. The van der Waals surface area contributed by atoms with Crippen molar-refractivity contribution in [3.05, 3.63) is 64.7 Å². The van der Waals surface area contributed by atoms with Crippen LogP contribution in [0.1, 0.15) is 47.7 Å². The van der Waals surface area contributed by atoms with Gasteiger partial charge >= 0.3 is 0 Å². The highest BCUT2D eigenvalue weighted by molar-refractivity contribution is 7.99. The standard InChI is InChI=1S/C19H23NS/c1-13-8-9-16(14(2)12-13)15(3)20-18-10-11-21-19-7-5-4-6-17(18)19/h4-9,12,15,18,20H,10-11H2,1-3H3. The second kappa shape index (κ2) is 6.25. The van der Waals surface area contributed by atoms with E-state index in [1.54, 1.807) is 0 Å². The number of benzene rings is 2. The van der Waals surface area contributed by atoms with Crippen molar-refractivity contribution in [1.82, 2.24) is 5.32 Å². The maximum absolute atomic E-state index is 3.84. The van der Waals surface area contributed by atoms with Gasteiger partial charge in [0.2, 0.25) is 0 Å². The Kier molecular flexibility index (Phi) is 4.37. The summed E-state index contributed by atoms with van der Waals surface area (Å²) in [4.78, 5) is 1.44. The van der Waals surface area contributed by atoms with Crippen molar-refractivity contribution >= 4 is 11.8 Å². The number of thioether (sulfide) groups is 1. The van der Waals surface area contributed by atoms with Gasteiger partial charge in [0.25, 0.3) is 0 Å². The Labute approximate surface area is 132 Å². The average Bonchev–Trinajstić information content (AvgIpc) is 2.47. The van der Waals surface area contributed by atoms with Crippen molar-refractivity contribution in [2.24, 2.45) is 0 Å². The lowest BCUT2D eigenvalue weighted by Crippen LogP contribution is -2.27. The second-order valence-electron chi connectivity index (χ2n) is 5.98. The number of hydrogen-bond acceptors (Lipinski definition) is 2. The van der Waals surface area contributed by atoms with E-state index < -0.39 is 0 Å². The number of nitrogens with one attached hydrogen (secondary N) is 1. The van der Waals surface area contributed by atoms with Crippen molar-refractivity contribution in [3.63, 3.8) is 0 Å². The minimum Gasteiger partial charge on any atom is -0.303 e. The van der Waals surface area contributed by atoms with Gasteiger partial charge in [-0.2, -0.15) is 0 Å². The lowest BCUT2D eigenvalue weighted by molar-refractivity contribution is 0.449. The van der Waals surface area contributed by atoms with E-state index in [1.165, 1.54) is 39.3 Å². The molecule has 0 radical (unpaired) electrons. The monoisotopic (exact) mass is 297 g/mol. The van der Waals surface area contributed by atoms with Gasteiger partial charge in [0.15, 0.2) is 0 Å². The molecule has 3 rings (SSSR count). The van der Waals surface area contributed by atoms with Gasteiger partial charge < -0.3 is 5.32 Å². The first kappa shape index (κ1) is 14.7. The van der Waals surface area contributed by atoms with Crippen molar-refractivity contribution in [2.45, 2.75) is 44.2 Å². The van der Waals surface area contributed by atoms with E-state index >= 15 is 0 Å². The van der Waals surface area contributed by atoms with Crippen LogP contribution in [-0.2, 0) is 0 Å². The predicted molar refractivity (Wildman–Crippen MR) is 92.0 cm³/mol. The van der Waals surface area contributed by atoms with Crippen LogP contribution in [0.15, 0.2) is 47.4 Å². The molecule has 0 bridgehead atoms. The zero-order valence-corrected chi connectivity index (χ0v) is 13.8. The van der Waals surface area contributed by atoms with E-state index in [-0.39, 0.29) is 0 Å². The zero-order chi connectivity index (χ0) is 14.8. The van der Waals surface area contributed by atoms with Gasteiger partial charge in [0.05, 0.1) is 0 Å². The normalized spacial score (nSPS) is 19.1. The van der Waals surface area contributed by atoms with Gasteiger partial charge in [-0.05, 0) is 55.7 Å². The summed E-state index contributed by atoms with van der Waals surface area (Å²) in [5.74, 6) is 1.20. The first-order valence-electron chi connectivity index (χ1n) is 7.70. The van der Waals surface area contributed by atoms with Crippen LogP contribution < -0.4 is 5.32 Å². The fraction of sp³-hybridized carbons (Fsp3) is 0.368. The van der Waals surface area contributed by atoms with Crippen LogP contribution in [0.5, 0.6) is 0 Å². The topological polar surface area (TPSA) is 12.0 Å². The fourth-order valence-corrected chi connectivity index (χ4v) is 4.34. The third-order valence-electron chi connectivity index (χ3n) is 4.30. The summed E-state index contributed by atoms with van der Waals surface area (Å²) in [5.41, 5.74) is 5.60. The molecule has 1 aliphatic rings. The Hall–Kier alpha value is -1.25. The van der Waals surface area contributed by atoms with Gasteiger partial charge in [-0.1, -0.05) is 42.0 Å². The van der Waals surface area contributed by atoms with Gasteiger partial charge in [0.1, 0.15) is 0 Å². The van der Waals surface area contributed by atoms with Crippen LogP contribution >= 0.6 is 11.8 Å². The Bertz CT molecular complexity index is 635. The first-order valence-corrected chi connectivity index (χ1v) is 8.68. The Morgan fingerprint density at radius 3 is 2.76 bits per heavy atom. The van der Waals surface area contributed by atoms with Gasteiger partial charge in [0, 0.05) is 17.0 Å². The summed E-state index contributed by atoms with van der Waals surface area (Å²) >= 11 is 1.98. The summed E-state index contributed by atoms with van der Waals surface area (Å²) in [7, 11) is 0. The maximum Gasteiger partial charge on any atom is 0.0344 e. The molecule has 0 fully saturated rings. The van der Waals surface area contributed by atoms with E-state index in [1.807, 2.05) is 11.8 Å². The van der Waals surface area contributed by atoms with E-state index in [0.29, 0.717) is 12.1 Å².